The normalized spacial score (nSPS) is 10.9. The number of nitrogens with zero attached hydrogens (tertiary/aromatic N) is 2. The van der Waals surface area contributed by atoms with Crippen molar-refractivity contribution < 1.29 is 9.13 Å². The third-order valence-corrected chi connectivity index (χ3v) is 3.56. The maximum Gasteiger partial charge on any atom is 0.165 e. The van der Waals surface area contributed by atoms with Gasteiger partial charge >= 0.3 is 0 Å². The standard InChI is InChI=1S/C15H12ClFN4O/c1-22-12-6-11-8(5-10(12)18)14(19)21-15(20-11)7-3-2-4-9(16)13(7)17/h2-6H,18H2,1H3,(H2,19,20,21). The summed E-state index contributed by atoms with van der Waals surface area (Å²) in [6.45, 7) is 0. The summed E-state index contributed by atoms with van der Waals surface area (Å²) < 4.78 is 19.3. The lowest BCUT2D eigenvalue weighted by molar-refractivity contribution is 0.417. The van der Waals surface area contributed by atoms with Crippen LogP contribution in [0.3, 0.4) is 0 Å². The molecule has 3 rings (SSSR count). The summed E-state index contributed by atoms with van der Waals surface area (Å²) in [7, 11) is 1.50. The Bertz CT molecular complexity index is 885. The van der Waals surface area contributed by atoms with Crippen LogP contribution in [0.5, 0.6) is 5.75 Å². The number of aromatic nitrogens is 2. The summed E-state index contributed by atoms with van der Waals surface area (Å²) in [5.74, 6) is 0.221. The van der Waals surface area contributed by atoms with Crippen LogP contribution in [0.1, 0.15) is 0 Å². The lowest BCUT2D eigenvalue weighted by atomic mass is 10.1. The van der Waals surface area contributed by atoms with Gasteiger partial charge in [0.1, 0.15) is 11.6 Å². The summed E-state index contributed by atoms with van der Waals surface area (Å²) in [5.41, 5.74) is 12.9. The van der Waals surface area contributed by atoms with Gasteiger partial charge in [-0.15, -0.1) is 0 Å². The Kier molecular flexibility index (Phi) is 3.46. The van der Waals surface area contributed by atoms with Gasteiger partial charge in [-0.1, -0.05) is 17.7 Å². The number of rotatable bonds is 2. The van der Waals surface area contributed by atoms with Crippen molar-refractivity contribution in [1.82, 2.24) is 9.97 Å². The van der Waals surface area contributed by atoms with Crippen LogP contribution in [-0.2, 0) is 0 Å². The van der Waals surface area contributed by atoms with Crippen LogP contribution in [0, 0.1) is 5.82 Å². The van der Waals surface area contributed by atoms with E-state index < -0.39 is 5.82 Å². The molecular formula is C15H12ClFN4O. The molecule has 0 unspecified atom stereocenters. The Morgan fingerprint density at radius 1 is 1.18 bits per heavy atom. The first-order chi connectivity index (χ1) is 10.5. The molecular weight excluding hydrogens is 307 g/mol. The van der Waals surface area contributed by atoms with Crippen LogP contribution in [0.4, 0.5) is 15.9 Å². The number of halogens is 2. The number of hydrogen-bond acceptors (Lipinski definition) is 5. The Labute approximate surface area is 130 Å². The molecule has 0 amide bonds. The monoisotopic (exact) mass is 318 g/mol. The molecule has 3 aromatic rings. The summed E-state index contributed by atoms with van der Waals surface area (Å²) in [6, 6.07) is 7.87. The minimum Gasteiger partial charge on any atom is -0.495 e. The van der Waals surface area contributed by atoms with Gasteiger partial charge in [-0.2, -0.15) is 0 Å². The van der Waals surface area contributed by atoms with Gasteiger partial charge in [-0.25, -0.2) is 14.4 Å². The minimum absolute atomic E-state index is 0.00495. The maximum atomic E-state index is 14.1. The van der Waals surface area contributed by atoms with E-state index in [1.165, 1.54) is 19.2 Å². The molecule has 0 radical (unpaired) electrons. The van der Waals surface area contributed by atoms with Crippen molar-refractivity contribution in [2.75, 3.05) is 18.6 Å². The van der Waals surface area contributed by atoms with Crippen LogP contribution in [-0.4, -0.2) is 17.1 Å². The fraction of sp³-hybridized carbons (Fsp3) is 0.0667. The topological polar surface area (TPSA) is 87.0 Å². The number of fused-ring (bicyclic) bond motifs is 1. The molecule has 0 bridgehead atoms. The smallest absolute Gasteiger partial charge is 0.165 e. The number of hydrogen-bond donors (Lipinski definition) is 2. The average Bonchev–Trinajstić information content (AvgIpc) is 2.50. The Balaban J connectivity index is 2.28. The van der Waals surface area contributed by atoms with E-state index >= 15 is 0 Å². The SMILES string of the molecule is COc1cc2nc(-c3cccc(Cl)c3F)nc(N)c2cc1N. The summed E-state index contributed by atoms with van der Waals surface area (Å²) in [5, 5.41) is 0.569. The van der Waals surface area contributed by atoms with Crippen molar-refractivity contribution in [2.45, 2.75) is 0 Å². The molecule has 5 nitrogen and oxygen atoms in total. The molecule has 0 fully saturated rings. The average molecular weight is 319 g/mol. The third-order valence-electron chi connectivity index (χ3n) is 3.27. The van der Waals surface area contributed by atoms with Gasteiger partial charge in [0.15, 0.2) is 11.6 Å². The number of ether oxygens (including phenoxy) is 1. The molecule has 0 aliphatic carbocycles. The van der Waals surface area contributed by atoms with Gasteiger partial charge in [0.05, 0.1) is 28.9 Å². The van der Waals surface area contributed by atoms with E-state index in [1.54, 1.807) is 18.2 Å². The maximum absolute atomic E-state index is 14.1. The van der Waals surface area contributed by atoms with Crippen LogP contribution >= 0.6 is 11.6 Å². The van der Waals surface area contributed by atoms with E-state index in [0.29, 0.717) is 22.3 Å². The summed E-state index contributed by atoms with van der Waals surface area (Å²) in [6.07, 6.45) is 0. The predicted molar refractivity (Wildman–Crippen MR) is 85.3 cm³/mol. The van der Waals surface area contributed by atoms with Crippen LogP contribution in [0.2, 0.25) is 5.02 Å². The van der Waals surface area contributed by atoms with Crippen molar-refractivity contribution in [2.24, 2.45) is 0 Å². The Morgan fingerprint density at radius 2 is 1.95 bits per heavy atom. The molecule has 0 saturated heterocycles. The molecule has 2 aromatic carbocycles. The van der Waals surface area contributed by atoms with Crippen LogP contribution < -0.4 is 16.2 Å². The lowest BCUT2D eigenvalue weighted by Crippen LogP contribution is -2.01. The van der Waals surface area contributed by atoms with E-state index in [1.807, 2.05) is 0 Å². The first kappa shape index (κ1) is 14.3. The predicted octanol–water partition coefficient (Wildman–Crippen LogP) is 3.26. The molecule has 7 heteroatoms. The molecule has 0 atom stereocenters. The second-order valence-electron chi connectivity index (χ2n) is 4.65. The van der Waals surface area contributed by atoms with Gasteiger partial charge < -0.3 is 16.2 Å². The fourth-order valence-electron chi connectivity index (χ4n) is 2.17. The highest BCUT2D eigenvalue weighted by atomic mass is 35.5. The Hall–Kier alpha value is -2.60. The quantitative estimate of drug-likeness (QED) is 0.708. The zero-order valence-corrected chi connectivity index (χ0v) is 12.4. The van der Waals surface area contributed by atoms with E-state index in [9.17, 15) is 4.39 Å². The van der Waals surface area contributed by atoms with Crippen molar-refractivity contribution in [3.8, 4) is 17.1 Å². The van der Waals surface area contributed by atoms with E-state index in [-0.39, 0.29) is 22.2 Å². The zero-order chi connectivity index (χ0) is 15.9. The number of nitrogen functional groups attached to an aromatic ring is 2. The van der Waals surface area contributed by atoms with E-state index in [4.69, 9.17) is 27.8 Å². The lowest BCUT2D eigenvalue weighted by Gasteiger charge is -2.10. The zero-order valence-electron chi connectivity index (χ0n) is 11.6. The molecule has 0 spiro atoms. The highest BCUT2D eigenvalue weighted by molar-refractivity contribution is 6.31. The molecule has 22 heavy (non-hydrogen) atoms. The van der Waals surface area contributed by atoms with Gasteiger partial charge in [0.2, 0.25) is 0 Å². The molecule has 1 aromatic heterocycles. The van der Waals surface area contributed by atoms with Crippen molar-refractivity contribution in [3.63, 3.8) is 0 Å². The number of anilines is 2. The highest BCUT2D eigenvalue weighted by Gasteiger charge is 2.15. The van der Waals surface area contributed by atoms with Crippen molar-refractivity contribution in [3.05, 3.63) is 41.2 Å². The largest absolute Gasteiger partial charge is 0.495 e. The van der Waals surface area contributed by atoms with Gasteiger partial charge in [-0.3, -0.25) is 0 Å². The van der Waals surface area contributed by atoms with Crippen molar-refractivity contribution in [1.29, 1.82) is 0 Å². The van der Waals surface area contributed by atoms with E-state index in [0.717, 1.165) is 0 Å². The highest BCUT2D eigenvalue weighted by Crippen LogP contribution is 2.32. The number of nitrogens with two attached hydrogens (primary N) is 2. The molecule has 112 valence electrons. The summed E-state index contributed by atoms with van der Waals surface area (Å²) in [4.78, 5) is 8.47. The van der Waals surface area contributed by atoms with Crippen LogP contribution in [0.25, 0.3) is 22.3 Å². The molecule has 0 aliphatic rings. The minimum atomic E-state index is -0.592. The first-order valence-corrected chi connectivity index (χ1v) is 6.74. The second-order valence-corrected chi connectivity index (χ2v) is 5.05. The molecule has 0 aliphatic heterocycles. The third kappa shape index (κ3) is 2.27. The molecule has 0 saturated carbocycles. The summed E-state index contributed by atoms with van der Waals surface area (Å²) >= 11 is 5.79. The number of methoxy groups -OCH3 is 1. The molecule has 4 N–H and O–H groups in total. The van der Waals surface area contributed by atoms with Crippen LogP contribution in [0.15, 0.2) is 30.3 Å². The molecule has 1 heterocycles. The van der Waals surface area contributed by atoms with E-state index in [2.05, 4.69) is 9.97 Å². The van der Waals surface area contributed by atoms with Crippen molar-refractivity contribution >= 4 is 34.0 Å². The van der Waals surface area contributed by atoms with Gasteiger partial charge in [0.25, 0.3) is 0 Å². The van der Waals surface area contributed by atoms with Gasteiger partial charge in [0, 0.05) is 11.5 Å². The number of benzene rings is 2. The Morgan fingerprint density at radius 3 is 2.68 bits per heavy atom. The first-order valence-electron chi connectivity index (χ1n) is 6.36. The second kappa shape index (κ2) is 5.31. The van der Waals surface area contributed by atoms with Gasteiger partial charge in [-0.05, 0) is 18.2 Å². The fourth-order valence-corrected chi connectivity index (χ4v) is 2.35.